The van der Waals surface area contributed by atoms with Crippen molar-refractivity contribution in [1.82, 2.24) is 15.5 Å². The Balaban J connectivity index is 1.71. The fraction of sp³-hybridized carbons (Fsp3) is 0.556. The number of piperidine rings is 1. The van der Waals surface area contributed by atoms with Crippen LogP contribution in [0, 0.1) is 0 Å². The highest BCUT2D eigenvalue weighted by Gasteiger charge is 2.22. The molecule has 1 aromatic carbocycles. The van der Waals surface area contributed by atoms with Gasteiger partial charge in [-0.3, -0.25) is 14.5 Å². The predicted octanol–water partition coefficient (Wildman–Crippen LogP) is 1.51. The van der Waals surface area contributed by atoms with E-state index in [1.165, 1.54) is 5.56 Å². The lowest BCUT2D eigenvalue weighted by molar-refractivity contribution is -0.124. The smallest absolute Gasteiger partial charge is 0.233 e. The van der Waals surface area contributed by atoms with Crippen LogP contribution >= 0.6 is 0 Å². The first kappa shape index (κ1) is 17.5. The molecule has 23 heavy (non-hydrogen) atoms. The molecule has 1 fully saturated rings. The normalized spacial score (nSPS) is 17.5. The van der Waals surface area contributed by atoms with E-state index in [1.54, 1.807) is 7.05 Å². The van der Waals surface area contributed by atoms with E-state index in [2.05, 4.69) is 34.6 Å². The van der Waals surface area contributed by atoms with Crippen LogP contribution in [0.25, 0.3) is 0 Å². The number of hydrogen-bond acceptors (Lipinski definition) is 3. The maximum atomic E-state index is 12.2. The Kier molecular flexibility index (Phi) is 6.59. The van der Waals surface area contributed by atoms with Crippen LogP contribution < -0.4 is 10.6 Å². The lowest BCUT2D eigenvalue weighted by Crippen LogP contribution is -2.47. The van der Waals surface area contributed by atoms with Crippen LogP contribution in [0.2, 0.25) is 0 Å². The summed E-state index contributed by atoms with van der Waals surface area (Å²) in [5, 5.41) is 5.78. The van der Waals surface area contributed by atoms with Crippen molar-refractivity contribution < 1.29 is 9.59 Å². The third kappa shape index (κ3) is 5.67. The molecule has 1 heterocycles. The molecule has 0 spiro atoms. The summed E-state index contributed by atoms with van der Waals surface area (Å²) in [6, 6.07) is 10.4. The molecule has 2 amide bonds. The fourth-order valence-corrected chi connectivity index (χ4v) is 2.98. The van der Waals surface area contributed by atoms with Crippen molar-refractivity contribution >= 4 is 11.8 Å². The van der Waals surface area contributed by atoms with E-state index >= 15 is 0 Å². The van der Waals surface area contributed by atoms with E-state index < -0.39 is 0 Å². The topological polar surface area (TPSA) is 61.4 Å². The first-order valence-electron chi connectivity index (χ1n) is 8.35. The molecule has 126 valence electrons. The van der Waals surface area contributed by atoms with Crippen LogP contribution in [0.5, 0.6) is 0 Å². The van der Waals surface area contributed by atoms with Crippen molar-refractivity contribution in [3.05, 3.63) is 35.9 Å². The van der Waals surface area contributed by atoms with Crippen LogP contribution in [0.4, 0.5) is 0 Å². The number of carbonyl (C=O) groups excluding carboxylic acids is 2. The van der Waals surface area contributed by atoms with Gasteiger partial charge in [0.05, 0.1) is 6.54 Å². The van der Waals surface area contributed by atoms with E-state index in [0.29, 0.717) is 13.0 Å². The Morgan fingerprint density at radius 2 is 1.83 bits per heavy atom. The van der Waals surface area contributed by atoms with Crippen molar-refractivity contribution in [1.29, 1.82) is 0 Å². The van der Waals surface area contributed by atoms with Crippen LogP contribution in [-0.2, 0) is 9.59 Å². The highest BCUT2D eigenvalue weighted by atomic mass is 16.2. The van der Waals surface area contributed by atoms with Gasteiger partial charge < -0.3 is 10.6 Å². The van der Waals surface area contributed by atoms with Gasteiger partial charge in [-0.15, -0.1) is 0 Å². The standard InChI is InChI=1S/C18H27N3O2/c1-14(15-6-4-3-5-7-15)12-17(22)20-16-8-10-21(11-9-16)13-18(23)19-2/h3-7,14,16H,8-13H2,1-2H3,(H,19,23)(H,20,22). The Morgan fingerprint density at radius 3 is 2.43 bits per heavy atom. The molecule has 1 aliphatic rings. The van der Waals surface area contributed by atoms with Crippen LogP contribution in [-0.4, -0.2) is 49.4 Å². The number of carbonyl (C=O) groups is 2. The van der Waals surface area contributed by atoms with Crippen molar-refractivity contribution in [3.8, 4) is 0 Å². The molecule has 1 aliphatic heterocycles. The summed E-state index contributed by atoms with van der Waals surface area (Å²) in [5.41, 5.74) is 1.20. The number of likely N-dealkylation sites (tertiary alicyclic amines) is 1. The number of likely N-dealkylation sites (N-methyl/N-ethyl adjacent to an activating group) is 1. The van der Waals surface area contributed by atoms with Gasteiger partial charge in [0.2, 0.25) is 11.8 Å². The highest BCUT2D eigenvalue weighted by Crippen LogP contribution is 2.19. The predicted molar refractivity (Wildman–Crippen MR) is 91.1 cm³/mol. The molecule has 0 radical (unpaired) electrons. The van der Waals surface area contributed by atoms with Crippen LogP contribution in [0.3, 0.4) is 0 Å². The number of benzene rings is 1. The maximum absolute atomic E-state index is 12.2. The molecular formula is C18H27N3O2. The van der Waals surface area contributed by atoms with Gasteiger partial charge >= 0.3 is 0 Å². The number of amides is 2. The lowest BCUT2D eigenvalue weighted by atomic mass is 9.97. The molecule has 5 nitrogen and oxygen atoms in total. The molecule has 0 aromatic heterocycles. The molecule has 0 saturated carbocycles. The van der Waals surface area contributed by atoms with E-state index in [4.69, 9.17) is 0 Å². The van der Waals surface area contributed by atoms with Gasteiger partial charge in [0, 0.05) is 32.6 Å². The van der Waals surface area contributed by atoms with E-state index in [-0.39, 0.29) is 23.8 Å². The highest BCUT2D eigenvalue weighted by molar-refractivity contribution is 5.78. The summed E-state index contributed by atoms with van der Waals surface area (Å²) in [6.07, 6.45) is 2.33. The van der Waals surface area contributed by atoms with Crippen molar-refractivity contribution in [2.24, 2.45) is 0 Å². The maximum Gasteiger partial charge on any atom is 0.233 e. The van der Waals surface area contributed by atoms with Gasteiger partial charge in [0.15, 0.2) is 0 Å². The zero-order valence-electron chi connectivity index (χ0n) is 14.0. The molecule has 1 aromatic rings. The number of hydrogen-bond donors (Lipinski definition) is 2. The number of nitrogens with one attached hydrogen (secondary N) is 2. The Morgan fingerprint density at radius 1 is 1.17 bits per heavy atom. The van der Waals surface area contributed by atoms with Crippen molar-refractivity contribution in [2.75, 3.05) is 26.7 Å². The average molecular weight is 317 g/mol. The summed E-state index contributed by atoms with van der Waals surface area (Å²) in [7, 11) is 1.66. The second-order valence-corrected chi connectivity index (χ2v) is 6.31. The van der Waals surface area contributed by atoms with Gasteiger partial charge in [-0.1, -0.05) is 37.3 Å². The van der Waals surface area contributed by atoms with Gasteiger partial charge in [-0.2, -0.15) is 0 Å². The molecule has 1 unspecified atom stereocenters. The Bertz CT molecular complexity index is 510. The summed E-state index contributed by atoms with van der Waals surface area (Å²) in [4.78, 5) is 25.7. The van der Waals surface area contributed by atoms with Crippen LogP contribution in [0.1, 0.15) is 37.7 Å². The zero-order chi connectivity index (χ0) is 16.7. The average Bonchev–Trinajstić information content (AvgIpc) is 2.57. The number of rotatable bonds is 6. The van der Waals surface area contributed by atoms with Gasteiger partial charge in [0.25, 0.3) is 0 Å². The van der Waals surface area contributed by atoms with Crippen molar-refractivity contribution in [3.63, 3.8) is 0 Å². The minimum atomic E-state index is 0.0455. The second-order valence-electron chi connectivity index (χ2n) is 6.31. The molecule has 0 aliphatic carbocycles. The minimum absolute atomic E-state index is 0.0455. The van der Waals surface area contributed by atoms with Crippen molar-refractivity contribution in [2.45, 2.75) is 38.1 Å². The number of nitrogens with zero attached hydrogens (tertiary/aromatic N) is 1. The third-order valence-electron chi connectivity index (χ3n) is 4.46. The molecule has 0 bridgehead atoms. The fourth-order valence-electron chi connectivity index (χ4n) is 2.98. The summed E-state index contributed by atoms with van der Waals surface area (Å²) in [5.74, 6) is 0.389. The quantitative estimate of drug-likeness (QED) is 0.836. The van der Waals surface area contributed by atoms with Gasteiger partial charge in [0.1, 0.15) is 0 Å². The SMILES string of the molecule is CNC(=O)CN1CCC(NC(=O)CC(C)c2ccccc2)CC1. The molecule has 2 N–H and O–H groups in total. The van der Waals surface area contributed by atoms with Gasteiger partial charge in [-0.25, -0.2) is 0 Å². The van der Waals surface area contributed by atoms with Crippen LogP contribution in [0.15, 0.2) is 30.3 Å². The summed E-state index contributed by atoms with van der Waals surface area (Å²) in [6.45, 7) is 4.24. The molecular weight excluding hydrogens is 290 g/mol. The summed E-state index contributed by atoms with van der Waals surface area (Å²) < 4.78 is 0. The minimum Gasteiger partial charge on any atom is -0.358 e. The second kappa shape index (κ2) is 8.67. The first-order valence-corrected chi connectivity index (χ1v) is 8.35. The Hall–Kier alpha value is -1.88. The third-order valence-corrected chi connectivity index (χ3v) is 4.46. The zero-order valence-corrected chi connectivity index (χ0v) is 14.0. The first-order chi connectivity index (χ1) is 11.1. The monoisotopic (exact) mass is 317 g/mol. The lowest BCUT2D eigenvalue weighted by Gasteiger charge is -2.32. The van der Waals surface area contributed by atoms with E-state index in [1.807, 2.05) is 18.2 Å². The molecule has 1 saturated heterocycles. The molecule has 5 heteroatoms. The Labute approximate surface area is 138 Å². The largest absolute Gasteiger partial charge is 0.358 e. The molecule has 1 atom stereocenters. The van der Waals surface area contributed by atoms with Gasteiger partial charge in [-0.05, 0) is 24.3 Å². The molecule has 2 rings (SSSR count). The summed E-state index contributed by atoms with van der Waals surface area (Å²) >= 11 is 0. The van der Waals surface area contributed by atoms with E-state index in [0.717, 1.165) is 25.9 Å². The van der Waals surface area contributed by atoms with E-state index in [9.17, 15) is 9.59 Å².